The molecule has 0 aliphatic carbocycles. The zero-order chi connectivity index (χ0) is 7.61. The number of quaternary nitrogens is 1. The molecule has 0 aromatic rings. The molecule has 1 saturated heterocycles. The Labute approximate surface area is 62.3 Å². The first-order valence-electron chi connectivity index (χ1n) is 3.55. The van der Waals surface area contributed by atoms with E-state index in [9.17, 15) is 0 Å². The van der Waals surface area contributed by atoms with Gasteiger partial charge in [-0.1, -0.05) is 6.67 Å². The average molecular weight is 141 g/mol. The lowest BCUT2D eigenvalue weighted by Crippen LogP contribution is -2.36. The number of likely N-dealkylation sites (N-methyl/N-ethyl adjacent to an activating group) is 1. The molecule has 1 fully saturated rings. The number of hydrogen-bond acceptors (Lipinski definition) is 1. The Hall–Kier alpha value is -0.380. The van der Waals surface area contributed by atoms with Crippen molar-refractivity contribution in [2.45, 2.75) is 0 Å². The molecule has 1 N–H and O–H groups in total. The molecule has 3 nitrogen and oxygen atoms in total. The minimum absolute atomic E-state index is 0.418. The van der Waals surface area contributed by atoms with Crippen LogP contribution < -0.4 is 0 Å². The van der Waals surface area contributed by atoms with Crippen molar-refractivity contribution < 1.29 is 4.48 Å². The number of rotatable bonds is 2. The molecule has 0 amide bonds. The average Bonchev–Trinajstić information content (AvgIpc) is 2.33. The molecule has 3 heteroatoms. The van der Waals surface area contributed by atoms with Crippen molar-refractivity contribution in [3.63, 3.8) is 0 Å². The molecule has 10 heavy (non-hydrogen) atoms. The second-order valence-corrected chi connectivity index (χ2v) is 3.08. The Bertz CT molecular complexity index is 135. The standard InChI is InChI=1S/C7H15N3/c1-3-10(2)5-4-9(6-8)7-10/h3,8H,1,4-7H2,2H3. The SMILES string of the molecule is C=C[N+]1(C)CCN(C[NH-])C1. The van der Waals surface area contributed by atoms with Crippen LogP contribution in [-0.2, 0) is 0 Å². The summed E-state index contributed by atoms with van der Waals surface area (Å²) in [5, 5.41) is 0. The van der Waals surface area contributed by atoms with Gasteiger partial charge in [0.2, 0.25) is 0 Å². The van der Waals surface area contributed by atoms with Crippen LogP contribution in [0.25, 0.3) is 5.73 Å². The first-order valence-corrected chi connectivity index (χ1v) is 3.55. The summed E-state index contributed by atoms with van der Waals surface area (Å²) in [6, 6.07) is 0. The molecule has 58 valence electrons. The number of hydrogen-bond donors (Lipinski definition) is 0. The van der Waals surface area contributed by atoms with Gasteiger partial charge in [0.05, 0.1) is 26.3 Å². The van der Waals surface area contributed by atoms with E-state index in [4.69, 9.17) is 5.73 Å². The van der Waals surface area contributed by atoms with Crippen molar-refractivity contribution in [2.75, 3.05) is 33.5 Å². The van der Waals surface area contributed by atoms with Gasteiger partial charge in [-0.2, -0.15) is 0 Å². The molecule has 1 unspecified atom stereocenters. The Morgan fingerprint density at radius 2 is 2.50 bits per heavy atom. The highest BCUT2D eigenvalue weighted by atomic mass is 15.5. The third-order valence-corrected chi connectivity index (χ3v) is 2.11. The van der Waals surface area contributed by atoms with Gasteiger partial charge in [0.1, 0.15) is 6.67 Å². The highest BCUT2D eigenvalue weighted by Crippen LogP contribution is 2.12. The Morgan fingerprint density at radius 1 is 1.80 bits per heavy atom. The summed E-state index contributed by atoms with van der Waals surface area (Å²) in [5.41, 5.74) is 7.13. The van der Waals surface area contributed by atoms with Crippen LogP contribution in [0.15, 0.2) is 12.8 Å². The molecule has 0 aromatic heterocycles. The maximum atomic E-state index is 7.13. The quantitative estimate of drug-likeness (QED) is 0.524. The fourth-order valence-electron chi connectivity index (χ4n) is 1.25. The maximum Gasteiger partial charge on any atom is 0.137 e. The normalized spacial score (nSPS) is 34.6. The summed E-state index contributed by atoms with van der Waals surface area (Å²) in [7, 11) is 2.14. The van der Waals surface area contributed by atoms with Crippen LogP contribution in [0, 0.1) is 0 Å². The second kappa shape index (κ2) is 2.70. The summed E-state index contributed by atoms with van der Waals surface area (Å²) in [6.07, 6.45) is 1.95. The minimum Gasteiger partial charge on any atom is -0.665 e. The molecule has 1 rings (SSSR count). The van der Waals surface area contributed by atoms with E-state index in [0.717, 1.165) is 24.2 Å². The third kappa shape index (κ3) is 1.37. The molecule has 0 aromatic carbocycles. The highest BCUT2D eigenvalue weighted by Gasteiger charge is 2.27. The monoisotopic (exact) mass is 141 g/mol. The van der Waals surface area contributed by atoms with Crippen molar-refractivity contribution >= 4 is 0 Å². The molecule has 0 bridgehead atoms. The lowest BCUT2D eigenvalue weighted by molar-refractivity contribution is -0.850. The van der Waals surface area contributed by atoms with E-state index in [1.807, 2.05) is 6.20 Å². The van der Waals surface area contributed by atoms with E-state index in [0.29, 0.717) is 6.67 Å². The fourth-order valence-corrected chi connectivity index (χ4v) is 1.25. The van der Waals surface area contributed by atoms with E-state index >= 15 is 0 Å². The zero-order valence-electron chi connectivity index (χ0n) is 6.51. The van der Waals surface area contributed by atoms with Crippen LogP contribution >= 0.6 is 0 Å². The van der Waals surface area contributed by atoms with Crippen LogP contribution in [-0.4, -0.2) is 42.9 Å². The Balaban J connectivity index is 2.48. The van der Waals surface area contributed by atoms with Gasteiger partial charge in [-0.25, -0.2) is 0 Å². The first kappa shape index (κ1) is 7.72. The summed E-state index contributed by atoms with van der Waals surface area (Å²) in [6.45, 7) is 7.27. The predicted molar refractivity (Wildman–Crippen MR) is 42.0 cm³/mol. The van der Waals surface area contributed by atoms with Crippen molar-refractivity contribution in [3.05, 3.63) is 18.5 Å². The van der Waals surface area contributed by atoms with Gasteiger partial charge in [0.25, 0.3) is 0 Å². The van der Waals surface area contributed by atoms with Gasteiger partial charge < -0.3 is 5.73 Å². The largest absolute Gasteiger partial charge is 0.665 e. The van der Waals surface area contributed by atoms with E-state index in [1.165, 1.54) is 0 Å². The second-order valence-electron chi connectivity index (χ2n) is 3.08. The maximum absolute atomic E-state index is 7.13. The van der Waals surface area contributed by atoms with Gasteiger partial charge in [-0.15, -0.1) is 0 Å². The third-order valence-electron chi connectivity index (χ3n) is 2.11. The molecule has 0 saturated carbocycles. The number of nitrogens with one attached hydrogen (secondary N) is 1. The van der Waals surface area contributed by atoms with Gasteiger partial charge in [0.15, 0.2) is 0 Å². The zero-order valence-corrected chi connectivity index (χ0v) is 6.51. The summed E-state index contributed by atoms with van der Waals surface area (Å²) < 4.78 is 0.888. The van der Waals surface area contributed by atoms with Gasteiger partial charge in [-0.3, -0.25) is 9.38 Å². The minimum atomic E-state index is 0.418. The van der Waals surface area contributed by atoms with E-state index in [2.05, 4.69) is 18.5 Å². The molecule has 1 atom stereocenters. The van der Waals surface area contributed by atoms with E-state index in [1.54, 1.807) is 0 Å². The van der Waals surface area contributed by atoms with Crippen LogP contribution in [0.1, 0.15) is 0 Å². The smallest absolute Gasteiger partial charge is 0.137 e. The Morgan fingerprint density at radius 3 is 2.80 bits per heavy atom. The van der Waals surface area contributed by atoms with Crippen molar-refractivity contribution in [3.8, 4) is 0 Å². The lowest BCUT2D eigenvalue weighted by atomic mass is 10.5. The predicted octanol–water partition coefficient (Wildman–Crippen LogP) is 0.859. The molecule has 1 heterocycles. The van der Waals surface area contributed by atoms with Gasteiger partial charge in [-0.05, 0) is 6.58 Å². The van der Waals surface area contributed by atoms with E-state index in [-0.39, 0.29) is 0 Å². The van der Waals surface area contributed by atoms with Crippen molar-refractivity contribution in [1.82, 2.24) is 4.90 Å². The van der Waals surface area contributed by atoms with Crippen molar-refractivity contribution in [1.29, 1.82) is 0 Å². The molecule has 0 spiro atoms. The molecule has 1 aliphatic rings. The summed E-state index contributed by atoms with van der Waals surface area (Å²) >= 11 is 0. The van der Waals surface area contributed by atoms with Gasteiger partial charge in [0, 0.05) is 0 Å². The van der Waals surface area contributed by atoms with Crippen LogP contribution in [0.4, 0.5) is 0 Å². The van der Waals surface area contributed by atoms with Crippen LogP contribution in [0.2, 0.25) is 0 Å². The fraction of sp³-hybridized carbons (Fsp3) is 0.714. The van der Waals surface area contributed by atoms with Crippen LogP contribution in [0.3, 0.4) is 0 Å². The summed E-state index contributed by atoms with van der Waals surface area (Å²) in [4.78, 5) is 2.11. The lowest BCUT2D eigenvalue weighted by Gasteiger charge is -2.24. The number of nitrogens with zero attached hydrogens (tertiary/aromatic N) is 2. The molecule has 0 radical (unpaired) electrons. The van der Waals surface area contributed by atoms with Crippen LogP contribution in [0.5, 0.6) is 0 Å². The molecular formula is C7H15N3. The highest BCUT2D eigenvalue weighted by molar-refractivity contribution is 4.66. The summed E-state index contributed by atoms with van der Waals surface area (Å²) in [5.74, 6) is 0. The first-order chi connectivity index (χ1) is 4.70. The topological polar surface area (TPSA) is 27.0 Å². The van der Waals surface area contributed by atoms with Crippen molar-refractivity contribution in [2.24, 2.45) is 0 Å². The van der Waals surface area contributed by atoms with E-state index < -0.39 is 0 Å². The molecule has 1 aliphatic heterocycles. The Kier molecular flexibility index (Phi) is 2.08. The molecular weight excluding hydrogens is 126 g/mol. The van der Waals surface area contributed by atoms with Gasteiger partial charge >= 0.3 is 0 Å².